The maximum Gasteiger partial charge on any atom is 0.233 e. The van der Waals surface area contributed by atoms with Gasteiger partial charge in [0.05, 0.1) is 22.5 Å². The maximum atomic E-state index is 13.7. The van der Waals surface area contributed by atoms with Crippen molar-refractivity contribution in [3.8, 4) is 0 Å². The number of aryl methyl sites for hydroxylation is 1. The van der Waals surface area contributed by atoms with E-state index in [4.69, 9.17) is 0 Å². The molecule has 0 spiro atoms. The van der Waals surface area contributed by atoms with Gasteiger partial charge < -0.3 is 16.0 Å². The third-order valence-electron chi connectivity index (χ3n) is 8.42. The third kappa shape index (κ3) is 4.71. The van der Waals surface area contributed by atoms with Crippen LogP contribution >= 0.6 is 0 Å². The van der Waals surface area contributed by atoms with Crippen LogP contribution in [0.15, 0.2) is 109 Å². The molecular weight excluding hydrogens is 604 g/mol. The molecular formula is C38H24N6O4. The zero-order valence-corrected chi connectivity index (χ0v) is 25.4. The molecule has 48 heavy (non-hydrogen) atoms. The first-order valence-electron chi connectivity index (χ1n) is 15.1. The largest absolute Gasteiger partial charge is 0.324 e. The van der Waals surface area contributed by atoms with Crippen LogP contribution in [-0.4, -0.2) is 38.1 Å². The summed E-state index contributed by atoms with van der Waals surface area (Å²) in [7, 11) is 0. The molecule has 0 radical (unpaired) electrons. The number of carbonyl (C=O) groups excluding carboxylic acids is 4. The van der Waals surface area contributed by atoms with Gasteiger partial charge in [0.15, 0.2) is 23.1 Å². The summed E-state index contributed by atoms with van der Waals surface area (Å²) >= 11 is 0. The summed E-state index contributed by atoms with van der Waals surface area (Å²) < 4.78 is 0. The van der Waals surface area contributed by atoms with Crippen LogP contribution in [0.3, 0.4) is 0 Å². The number of hydrogen-bond donors (Lipinski definition) is 3. The molecule has 0 unspecified atom stereocenters. The number of benzene rings is 5. The number of nitrogens with zero attached hydrogens (tertiary/aromatic N) is 3. The van der Waals surface area contributed by atoms with Crippen molar-refractivity contribution in [1.82, 2.24) is 15.0 Å². The van der Waals surface area contributed by atoms with Crippen LogP contribution in [0.4, 0.5) is 34.9 Å². The predicted octanol–water partition coefficient (Wildman–Crippen LogP) is 6.96. The first kappa shape index (κ1) is 28.6. The molecule has 2 aliphatic carbocycles. The minimum absolute atomic E-state index is 0.0636. The summed E-state index contributed by atoms with van der Waals surface area (Å²) in [6, 6.07) is 31.0. The molecule has 2 aliphatic rings. The van der Waals surface area contributed by atoms with Crippen molar-refractivity contribution in [1.29, 1.82) is 0 Å². The molecule has 10 heteroatoms. The van der Waals surface area contributed by atoms with E-state index in [9.17, 15) is 19.2 Å². The molecule has 0 bridgehead atoms. The number of ketones is 4. The van der Waals surface area contributed by atoms with Crippen molar-refractivity contribution in [3.63, 3.8) is 0 Å². The van der Waals surface area contributed by atoms with Gasteiger partial charge in [0.25, 0.3) is 0 Å². The highest BCUT2D eigenvalue weighted by Crippen LogP contribution is 2.35. The molecule has 0 amide bonds. The quantitative estimate of drug-likeness (QED) is 0.177. The van der Waals surface area contributed by atoms with Gasteiger partial charge in [-0.1, -0.05) is 91.0 Å². The molecule has 230 valence electrons. The van der Waals surface area contributed by atoms with Gasteiger partial charge in [-0.2, -0.15) is 15.0 Å². The fourth-order valence-electron chi connectivity index (χ4n) is 6.12. The Morgan fingerprint density at radius 2 is 0.708 bits per heavy atom. The van der Waals surface area contributed by atoms with Gasteiger partial charge >= 0.3 is 0 Å². The van der Waals surface area contributed by atoms with Gasteiger partial charge in [-0.15, -0.1) is 0 Å². The molecule has 6 aromatic rings. The average Bonchev–Trinajstić information content (AvgIpc) is 3.10. The number of para-hydroxylation sites is 1. The molecule has 0 saturated carbocycles. The second-order valence-corrected chi connectivity index (χ2v) is 11.4. The number of carbonyl (C=O) groups is 4. The van der Waals surface area contributed by atoms with Gasteiger partial charge in [-0.25, -0.2) is 0 Å². The number of fused-ring (bicyclic) bond motifs is 4. The Labute approximate surface area is 273 Å². The molecule has 1 heterocycles. The monoisotopic (exact) mass is 628 g/mol. The van der Waals surface area contributed by atoms with Crippen molar-refractivity contribution in [2.24, 2.45) is 0 Å². The van der Waals surface area contributed by atoms with Crippen LogP contribution < -0.4 is 16.0 Å². The molecule has 10 nitrogen and oxygen atoms in total. The number of hydrogen-bond acceptors (Lipinski definition) is 10. The fourth-order valence-corrected chi connectivity index (χ4v) is 6.12. The first-order valence-corrected chi connectivity index (χ1v) is 15.1. The van der Waals surface area contributed by atoms with Crippen LogP contribution in [-0.2, 0) is 0 Å². The van der Waals surface area contributed by atoms with Crippen LogP contribution in [0.25, 0.3) is 0 Å². The van der Waals surface area contributed by atoms with E-state index in [1.807, 2.05) is 31.2 Å². The zero-order valence-electron chi connectivity index (χ0n) is 25.4. The normalized spacial score (nSPS) is 12.9. The van der Waals surface area contributed by atoms with Gasteiger partial charge in [0.2, 0.25) is 17.8 Å². The Hall–Kier alpha value is -6.81. The lowest BCUT2D eigenvalue weighted by Gasteiger charge is -2.21. The molecule has 0 fully saturated rings. The Morgan fingerprint density at radius 3 is 1.15 bits per heavy atom. The molecule has 0 atom stereocenters. The van der Waals surface area contributed by atoms with Gasteiger partial charge in [-0.3, -0.25) is 19.2 Å². The number of nitrogens with one attached hydrogen (secondary N) is 3. The van der Waals surface area contributed by atoms with E-state index < -0.39 is 0 Å². The van der Waals surface area contributed by atoms with Gasteiger partial charge in [0, 0.05) is 39.1 Å². The number of aromatic nitrogens is 3. The number of rotatable bonds is 6. The Morgan fingerprint density at radius 1 is 0.375 bits per heavy atom. The fraction of sp³-hybridized carbons (Fsp3) is 0.0263. The lowest BCUT2D eigenvalue weighted by atomic mass is 9.83. The van der Waals surface area contributed by atoms with Crippen molar-refractivity contribution < 1.29 is 19.2 Å². The van der Waals surface area contributed by atoms with Crippen molar-refractivity contribution in [2.75, 3.05) is 16.0 Å². The smallest absolute Gasteiger partial charge is 0.233 e. The van der Waals surface area contributed by atoms with Crippen molar-refractivity contribution in [2.45, 2.75) is 6.92 Å². The maximum absolute atomic E-state index is 13.7. The van der Waals surface area contributed by atoms with E-state index in [-0.39, 0.29) is 63.2 Å². The lowest BCUT2D eigenvalue weighted by Crippen LogP contribution is -2.22. The van der Waals surface area contributed by atoms with E-state index in [2.05, 4.69) is 30.9 Å². The topological polar surface area (TPSA) is 143 Å². The summed E-state index contributed by atoms with van der Waals surface area (Å²) in [5.74, 6) is -0.805. The van der Waals surface area contributed by atoms with Crippen molar-refractivity contribution >= 4 is 58.0 Å². The van der Waals surface area contributed by atoms with E-state index in [0.717, 1.165) is 11.3 Å². The van der Waals surface area contributed by atoms with Crippen LogP contribution in [0.1, 0.15) is 69.2 Å². The van der Waals surface area contributed by atoms with Crippen molar-refractivity contribution in [3.05, 3.63) is 159 Å². The summed E-state index contributed by atoms with van der Waals surface area (Å²) in [5, 5.41) is 9.49. The molecule has 0 saturated heterocycles. The molecule has 8 rings (SSSR count). The van der Waals surface area contributed by atoms with E-state index in [1.165, 1.54) is 0 Å². The lowest BCUT2D eigenvalue weighted by molar-refractivity contribution is 0.0979. The average molecular weight is 629 g/mol. The second-order valence-electron chi connectivity index (χ2n) is 11.4. The van der Waals surface area contributed by atoms with Gasteiger partial charge in [-0.05, 0) is 30.7 Å². The van der Waals surface area contributed by atoms with E-state index in [0.29, 0.717) is 33.6 Å². The highest BCUT2D eigenvalue weighted by atomic mass is 16.1. The minimum atomic E-state index is -0.298. The Balaban J connectivity index is 1.21. The molecule has 3 N–H and O–H groups in total. The van der Waals surface area contributed by atoms with Gasteiger partial charge in [0.1, 0.15) is 0 Å². The zero-order chi connectivity index (χ0) is 32.9. The molecule has 0 aliphatic heterocycles. The molecule has 1 aromatic heterocycles. The van der Waals surface area contributed by atoms with Crippen LogP contribution in [0.2, 0.25) is 0 Å². The summed E-state index contributed by atoms with van der Waals surface area (Å²) in [4.78, 5) is 67.8. The number of anilines is 6. The highest BCUT2D eigenvalue weighted by Gasteiger charge is 2.33. The third-order valence-corrected chi connectivity index (χ3v) is 8.42. The SMILES string of the molecule is Cc1ccccc1Nc1nc(Nc2cccc3c2C(=O)c2ccccc2C3=O)nc(Nc2cccc3c2C(=O)c2ccccc2C3=O)n1. The van der Waals surface area contributed by atoms with Crippen LogP contribution in [0, 0.1) is 6.92 Å². The molecule has 5 aromatic carbocycles. The van der Waals surface area contributed by atoms with Crippen LogP contribution in [0.5, 0.6) is 0 Å². The Bertz CT molecular complexity index is 2250. The summed E-state index contributed by atoms with van der Waals surface area (Å²) in [5.41, 5.74) is 4.69. The first-order chi connectivity index (χ1) is 23.4. The summed E-state index contributed by atoms with van der Waals surface area (Å²) in [6.07, 6.45) is 0. The summed E-state index contributed by atoms with van der Waals surface area (Å²) in [6.45, 7) is 1.94. The Kier molecular flexibility index (Phi) is 6.69. The van der Waals surface area contributed by atoms with E-state index >= 15 is 0 Å². The standard InChI is InChI=1S/C38H24N6O4/c1-20-10-2-7-17-27(20)39-36-42-37(40-28-18-8-15-25-30(28)34(47)23-13-5-3-11-21(23)32(25)45)44-38(43-36)41-29-19-9-16-26-31(29)35(48)24-14-6-4-12-22(24)33(26)46/h2-19H,1H3,(H3,39,40,41,42,43,44). The predicted molar refractivity (Wildman–Crippen MR) is 180 cm³/mol. The highest BCUT2D eigenvalue weighted by molar-refractivity contribution is 6.31. The van der Waals surface area contributed by atoms with E-state index in [1.54, 1.807) is 84.9 Å². The second kappa shape index (κ2) is 11.2. The minimum Gasteiger partial charge on any atom is -0.324 e.